The number of hydrogen-bond acceptors (Lipinski definition) is 5. The summed E-state index contributed by atoms with van der Waals surface area (Å²) in [6.07, 6.45) is 5.70. The third kappa shape index (κ3) is 3.59. The van der Waals surface area contributed by atoms with Gasteiger partial charge in [0.2, 0.25) is 0 Å². The normalized spacial score (nSPS) is 15.7. The number of furan rings is 1. The van der Waals surface area contributed by atoms with Gasteiger partial charge in [-0.15, -0.1) is 0 Å². The first-order chi connectivity index (χ1) is 11.7. The molecule has 1 aliphatic heterocycles. The third-order valence-corrected chi connectivity index (χ3v) is 4.39. The molecule has 3 rings (SSSR count). The van der Waals surface area contributed by atoms with E-state index in [-0.39, 0.29) is 11.9 Å². The lowest BCUT2D eigenvalue weighted by atomic mass is 10.2. The lowest BCUT2D eigenvalue weighted by Crippen LogP contribution is -2.35. The lowest BCUT2D eigenvalue weighted by Gasteiger charge is -2.23. The molecular weight excluding hydrogens is 304 g/mol. The molecule has 1 fully saturated rings. The minimum Gasteiger partial charge on any atom is -0.468 e. The predicted octanol–water partition coefficient (Wildman–Crippen LogP) is 2.31. The highest BCUT2D eigenvalue weighted by atomic mass is 16.3. The van der Waals surface area contributed by atoms with Crippen LogP contribution in [0.2, 0.25) is 0 Å². The molecule has 0 bridgehead atoms. The van der Waals surface area contributed by atoms with Crippen molar-refractivity contribution in [1.29, 1.82) is 0 Å². The average Bonchev–Trinajstić information content (AvgIpc) is 3.28. The monoisotopic (exact) mass is 328 g/mol. The van der Waals surface area contributed by atoms with Crippen molar-refractivity contribution in [2.75, 3.05) is 38.6 Å². The van der Waals surface area contributed by atoms with Gasteiger partial charge in [-0.3, -0.25) is 9.69 Å². The Kier molecular flexibility index (Phi) is 5.15. The highest BCUT2D eigenvalue weighted by Crippen LogP contribution is 2.22. The van der Waals surface area contributed by atoms with Crippen molar-refractivity contribution in [3.05, 3.63) is 48.0 Å². The summed E-state index contributed by atoms with van der Waals surface area (Å²) in [5.74, 6) is 1.53. The SMILES string of the molecule is CN(C)C(CNC(=O)c1cccnc1N1CCCC1)c1ccco1. The number of aromatic nitrogens is 1. The minimum absolute atomic E-state index is 0.00384. The molecule has 2 aromatic rings. The van der Waals surface area contributed by atoms with Crippen molar-refractivity contribution in [3.63, 3.8) is 0 Å². The van der Waals surface area contributed by atoms with E-state index in [4.69, 9.17) is 4.42 Å². The van der Waals surface area contributed by atoms with Crippen LogP contribution in [-0.4, -0.2) is 49.5 Å². The van der Waals surface area contributed by atoms with E-state index >= 15 is 0 Å². The highest BCUT2D eigenvalue weighted by molar-refractivity contribution is 5.98. The summed E-state index contributed by atoms with van der Waals surface area (Å²) in [6.45, 7) is 2.40. The fourth-order valence-electron chi connectivity index (χ4n) is 3.06. The van der Waals surface area contributed by atoms with Crippen molar-refractivity contribution in [1.82, 2.24) is 15.2 Å². The maximum absolute atomic E-state index is 12.7. The number of likely N-dealkylation sites (N-methyl/N-ethyl adjacent to an activating group) is 1. The molecular formula is C18H24N4O2. The second-order valence-electron chi connectivity index (χ2n) is 6.27. The molecule has 0 aliphatic carbocycles. The number of pyridine rings is 1. The molecule has 6 heteroatoms. The summed E-state index contributed by atoms with van der Waals surface area (Å²) in [5, 5.41) is 3.03. The van der Waals surface area contributed by atoms with Gasteiger partial charge in [0, 0.05) is 25.8 Å². The number of nitrogens with zero attached hydrogens (tertiary/aromatic N) is 3. The maximum atomic E-state index is 12.7. The molecule has 1 aliphatic rings. The van der Waals surface area contributed by atoms with Gasteiger partial charge in [-0.2, -0.15) is 0 Å². The van der Waals surface area contributed by atoms with E-state index in [1.54, 1.807) is 12.5 Å². The Labute approximate surface area is 142 Å². The fraction of sp³-hybridized carbons (Fsp3) is 0.444. The molecule has 1 N–H and O–H groups in total. The van der Waals surface area contributed by atoms with E-state index in [0.717, 1.165) is 37.5 Å². The maximum Gasteiger partial charge on any atom is 0.255 e. The van der Waals surface area contributed by atoms with Crippen LogP contribution in [0.3, 0.4) is 0 Å². The number of anilines is 1. The molecule has 1 saturated heterocycles. The summed E-state index contributed by atoms with van der Waals surface area (Å²) in [6, 6.07) is 7.44. The first-order valence-corrected chi connectivity index (χ1v) is 8.35. The molecule has 1 atom stereocenters. The topological polar surface area (TPSA) is 61.6 Å². The lowest BCUT2D eigenvalue weighted by molar-refractivity contribution is 0.0939. The molecule has 2 aromatic heterocycles. The van der Waals surface area contributed by atoms with Crippen molar-refractivity contribution < 1.29 is 9.21 Å². The van der Waals surface area contributed by atoms with Crippen LogP contribution >= 0.6 is 0 Å². The largest absolute Gasteiger partial charge is 0.468 e. The molecule has 0 spiro atoms. The fourth-order valence-corrected chi connectivity index (χ4v) is 3.06. The first-order valence-electron chi connectivity index (χ1n) is 8.35. The Morgan fingerprint density at radius 2 is 2.12 bits per heavy atom. The Morgan fingerprint density at radius 1 is 1.33 bits per heavy atom. The Morgan fingerprint density at radius 3 is 2.79 bits per heavy atom. The van der Waals surface area contributed by atoms with Gasteiger partial charge >= 0.3 is 0 Å². The van der Waals surface area contributed by atoms with E-state index in [0.29, 0.717) is 12.1 Å². The van der Waals surface area contributed by atoms with Gasteiger partial charge in [0.05, 0.1) is 17.9 Å². The third-order valence-electron chi connectivity index (χ3n) is 4.39. The number of nitrogens with one attached hydrogen (secondary N) is 1. The van der Waals surface area contributed by atoms with E-state index in [9.17, 15) is 4.79 Å². The second kappa shape index (κ2) is 7.49. The van der Waals surface area contributed by atoms with E-state index in [1.165, 1.54) is 0 Å². The van der Waals surface area contributed by atoms with Crippen LogP contribution in [0.4, 0.5) is 5.82 Å². The minimum atomic E-state index is -0.0941. The smallest absolute Gasteiger partial charge is 0.255 e. The summed E-state index contributed by atoms with van der Waals surface area (Å²) in [7, 11) is 3.94. The number of rotatable bonds is 6. The van der Waals surface area contributed by atoms with Gasteiger partial charge in [0.25, 0.3) is 5.91 Å². The molecule has 1 amide bonds. The van der Waals surface area contributed by atoms with Crippen LogP contribution in [0.5, 0.6) is 0 Å². The highest BCUT2D eigenvalue weighted by Gasteiger charge is 2.22. The Balaban J connectivity index is 1.71. The number of carbonyl (C=O) groups is 1. The molecule has 128 valence electrons. The zero-order valence-corrected chi connectivity index (χ0v) is 14.2. The standard InChI is InChI=1S/C18H24N4O2/c1-21(2)15(16-8-6-12-24-16)13-20-18(23)14-7-5-9-19-17(14)22-10-3-4-11-22/h5-9,12,15H,3-4,10-11,13H2,1-2H3,(H,20,23). The predicted molar refractivity (Wildman–Crippen MR) is 93.2 cm³/mol. The van der Waals surface area contributed by atoms with Crippen LogP contribution in [0.25, 0.3) is 0 Å². The second-order valence-corrected chi connectivity index (χ2v) is 6.27. The molecule has 1 unspecified atom stereocenters. The van der Waals surface area contributed by atoms with Crippen molar-refractivity contribution in [2.24, 2.45) is 0 Å². The molecule has 0 saturated carbocycles. The van der Waals surface area contributed by atoms with Gasteiger partial charge in [0.1, 0.15) is 11.6 Å². The Bertz CT molecular complexity index is 663. The van der Waals surface area contributed by atoms with Crippen LogP contribution in [0.1, 0.15) is 35.0 Å². The van der Waals surface area contributed by atoms with E-state index < -0.39 is 0 Å². The zero-order valence-electron chi connectivity index (χ0n) is 14.2. The van der Waals surface area contributed by atoms with Gasteiger partial charge in [-0.05, 0) is 51.2 Å². The van der Waals surface area contributed by atoms with Gasteiger partial charge in [-0.1, -0.05) is 0 Å². The first kappa shape index (κ1) is 16.5. The Hall–Kier alpha value is -2.34. The van der Waals surface area contributed by atoms with Crippen molar-refractivity contribution >= 4 is 11.7 Å². The average molecular weight is 328 g/mol. The van der Waals surface area contributed by atoms with E-state index in [2.05, 4.69) is 15.2 Å². The molecule has 0 aromatic carbocycles. The number of carbonyl (C=O) groups excluding carboxylic acids is 1. The molecule has 0 radical (unpaired) electrons. The van der Waals surface area contributed by atoms with Crippen LogP contribution in [0, 0.1) is 0 Å². The number of amides is 1. The van der Waals surface area contributed by atoms with Gasteiger partial charge < -0.3 is 14.6 Å². The molecule has 6 nitrogen and oxygen atoms in total. The molecule has 3 heterocycles. The van der Waals surface area contributed by atoms with Crippen LogP contribution in [0.15, 0.2) is 41.1 Å². The van der Waals surface area contributed by atoms with E-state index in [1.807, 2.05) is 43.3 Å². The summed E-state index contributed by atoms with van der Waals surface area (Å²) in [5.41, 5.74) is 0.636. The molecule has 24 heavy (non-hydrogen) atoms. The number of hydrogen-bond donors (Lipinski definition) is 1. The van der Waals surface area contributed by atoms with Crippen molar-refractivity contribution in [3.8, 4) is 0 Å². The summed E-state index contributed by atoms with van der Waals surface area (Å²) >= 11 is 0. The quantitative estimate of drug-likeness (QED) is 0.882. The summed E-state index contributed by atoms with van der Waals surface area (Å²) in [4.78, 5) is 21.3. The zero-order chi connectivity index (χ0) is 16.9. The van der Waals surface area contributed by atoms with Crippen LogP contribution < -0.4 is 10.2 Å². The summed E-state index contributed by atoms with van der Waals surface area (Å²) < 4.78 is 5.49. The van der Waals surface area contributed by atoms with Crippen molar-refractivity contribution in [2.45, 2.75) is 18.9 Å². The van der Waals surface area contributed by atoms with Gasteiger partial charge in [0.15, 0.2) is 0 Å². The van der Waals surface area contributed by atoms with Gasteiger partial charge in [-0.25, -0.2) is 4.98 Å². The van der Waals surface area contributed by atoms with Crippen LogP contribution in [-0.2, 0) is 0 Å².